The molecule has 1 atom stereocenters. The molecule has 0 aliphatic heterocycles. The maximum Gasteiger partial charge on any atom is 0.123 e. The molecule has 0 saturated carbocycles. The van der Waals surface area contributed by atoms with Gasteiger partial charge in [0.15, 0.2) is 0 Å². The molecule has 3 heteroatoms. The zero-order valence-electron chi connectivity index (χ0n) is 12.4. The van der Waals surface area contributed by atoms with E-state index in [1.165, 1.54) is 5.56 Å². The summed E-state index contributed by atoms with van der Waals surface area (Å²) in [6.07, 6.45) is 1.81. The van der Waals surface area contributed by atoms with Crippen LogP contribution in [0.25, 0.3) is 0 Å². The van der Waals surface area contributed by atoms with Gasteiger partial charge in [0, 0.05) is 11.6 Å². The average Bonchev–Trinajstić information content (AvgIpc) is 2.91. The standard InChI is InChI=1S/C17H23NO2/c1-13(2)18-11-17-16(9-10-19-17)12-20-14(3)15-7-5-4-6-8-15/h4-10,13-14,18H,11-12H2,1-3H3. The molecule has 1 unspecified atom stereocenters. The summed E-state index contributed by atoms with van der Waals surface area (Å²) in [4.78, 5) is 0. The molecular formula is C17H23NO2. The van der Waals surface area contributed by atoms with Crippen molar-refractivity contribution in [1.29, 1.82) is 0 Å². The van der Waals surface area contributed by atoms with E-state index in [-0.39, 0.29) is 6.10 Å². The Hall–Kier alpha value is -1.58. The normalized spacial score (nSPS) is 12.8. The molecule has 0 fully saturated rings. The van der Waals surface area contributed by atoms with E-state index >= 15 is 0 Å². The first-order valence-corrected chi connectivity index (χ1v) is 7.12. The van der Waals surface area contributed by atoms with Crippen molar-refractivity contribution in [1.82, 2.24) is 5.32 Å². The molecule has 1 aromatic carbocycles. The topological polar surface area (TPSA) is 34.4 Å². The fraction of sp³-hybridized carbons (Fsp3) is 0.412. The average molecular weight is 273 g/mol. The number of hydrogen-bond donors (Lipinski definition) is 1. The van der Waals surface area contributed by atoms with Gasteiger partial charge in [0.2, 0.25) is 0 Å². The fourth-order valence-electron chi connectivity index (χ4n) is 1.98. The van der Waals surface area contributed by atoms with E-state index in [0.717, 1.165) is 17.9 Å². The molecule has 20 heavy (non-hydrogen) atoms. The second-order valence-corrected chi connectivity index (χ2v) is 5.27. The van der Waals surface area contributed by atoms with E-state index in [2.05, 4.69) is 38.2 Å². The van der Waals surface area contributed by atoms with Crippen molar-refractivity contribution in [3.8, 4) is 0 Å². The molecule has 2 aromatic rings. The molecule has 1 heterocycles. The number of benzene rings is 1. The maximum atomic E-state index is 5.93. The maximum absolute atomic E-state index is 5.93. The van der Waals surface area contributed by atoms with Crippen molar-refractivity contribution in [2.45, 2.75) is 46.1 Å². The molecule has 1 N–H and O–H groups in total. The number of nitrogens with one attached hydrogen (secondary N) is 1. The Morgan fingerprint density at radius 1 is 1.10 bits per heavy atom. The molecule has 0 aliphatic carbocycles. The predicted molar refractivity (Wildman–Crippen MR) is 80.3 cm³/mol. The molecule has 108 valence electrons. The van der Waals surface area contributed by atoms with Crippen LogP contribution in [0.3, 0.4) is 0 Å². The Morgan fingerprint density at radius 2 is 1.85 bits per heavy atom. The summed E-state index contributed by atoms with van der Waals surface area (Å²) < 4.78 is 11.4. The van der Waals surface area contributed by atoms with Crippen molar-refractivity contribution in [3.63, 3.8) is 0 Å². The van der Waals surface area contributed by atoms with Crippen molar-refractivity contribution in [2.75, 3.05) is 0 Å². The van der Waals surface area contributed by atoms with Gasteiger partial charge in [-0.2, -0.15) is 0 Å². The van der Waals surface area contributed by atoms with Crippen LogP contribution >= 0.6 is 0 Å². The third kappa shape index (κ3) is 4.22. The summed E-state index contributed by atoms with van der Waals surface area (Å²) in [5, 5.41) is 3.36. The molecule has 0 radical (unpaired) electrons. The summed E-state index contributed by atoms with van der Waals surface area (Å²) in [5.74, 6) is 0.957. The molecule has 3 nitrogen and oxygen atoms in total. The smallest absolute Gasteiger partial charge is 0.123 e. The fourth-order valence-corrected chi connectivity index (χ4v) is 1.98. The minimum absolute atomic E-state index is 0.0806. The van der Waals surface area contributed by atoms with E-state index in [1.807, 2.05) is 24.3 Å². The molecule has 0 amide bonds. The van der Waals surface area contributed by atoms with Gasteiger partial charge in [-0.25, -0.2) is 0 Å². The summed E-state index contributed by atoms with van der Waals surface area (Å²) in [6.45, 7) is 7.62. The first-order valence-electron chi connectivity index (χ1n) is 7.12. The van der Waals surface area contributed by atoms with E-state index in [4.69, 9.17) is 9.15 Å². The number of furan rings is 1. The van der Waals surface area contributed by atoms with Crippen molar-refractivity contribution in [3.05, 3.63) is 59.5 Å². The monoisotopic (exact) mass is 273 g/mol. The minimum Gasteiger partial charge on any atom is -0.468 e. The highest BCUT2D eigenvalue weighted by Crippen LogP contribution is 2.20. The largest absolute Gasteiger partial charge is 0.468 e. The van der Waals surface area contributed by atoms with Crippen LogP contribution in [-0.4, -0.2) is 6.04 Å². The third-order valence-corrected chi connectivity index (χ3v) is 3.27. The van der Waals surface area contributed by atoms with Crippen LogP contribution in [0.2, 0.25) is 0 Å². The van der Waals surface area contributed by atoms with E-state index in [1.54, 1.807) is 6.26 Å². The van der Waals surface area contributed by atoms with Crippen LogP contribution < -0.4 is 5.32 Å². The molecule has 1 aromatic heterocycles. The van der Waals surface area contributed by atoms with Crippen LogP contribution in [0.1, 0.15) is 43.8 Å². The van der Waals surface area contributed by atoms with Gasteiger partial charge in [-0.15, -0.1) is 0 Å². The van der Waals surface area contributed by atoms with Crippen LogP contribution in [0.4, 0.5) is 0 Å². The lowest BCUT2D eigenvalue weighted by molar-refractivity contribution is 0.0516. The quantitative estimate of drug-likeness (QED) is 0.826. The summed E-state index contributed by atoms with van der Waals surface area (Å²) in [6, 6.07) is 12.7. The second kappa shape index (κ2) is 7.27. The summed E-state index contributed by atoms with van der Waals surface area (Å²) >= 11 is 0. The Labute approximate surface area is 121 Å². The van der Waals surface area contributed by atoms with Crippen molar-refractivity contribution in [2.24, 2.45) is 0 Å². The zero-order valence-corrected chi connectivity index (χ0v) is 12.4. The SMILES string of the molecule is CC(C)NCc1occc1COC(C)c1ccccc1. The highest BCUT2D eigenvalue weighted by molar-refractivity contribution is 5.18. The molecule has 0 bridgehead atoms. The molecular weight excluding hydrogens is 250 g/mol. The summed E-state index contributed by atoms with van der Waals surface area (Å²) in [5.41, 5.74) is 2.30. The Balaban J connectivity index is 1.89. The third-order valence-electron chi connectivity index (χ3n) is 3.27. The van der Waals surface area contributed by atoms with Crippen LogP contribution in [0.15, 0.2) is 47.1 Å². The van der Waals surface area contributed by atoms with Gasteiger partial charge in [0.25, 0.3) is 0 Å². The highest BCUT2D eigenvalue weighted by Gasteiger charge is 2.10. The molecule has 2 rings (SSSR count). The molecule has 0 aliphatic rings. The van der Waals surface area contributed by atoms with E-state index in [0.29, 0.717) is 12.6 Å². The van der Waals surface area contributed by atoms with Gasteiger partial charge in [0.05, 0.1) is 25.5 Å². The van der Waals surface area contributed by atoms with Gasteiger partial charge in [0.1, 0.15) is 5.76 Å². The Bertz CT molecular complexity index is 505. The van der Waals surface area contributed by atoms with Crippen LogP contribution in [-0.2, 0) is 17.9 Å². The lowest BCUT2D eigenvalue weighted by atomic mass is 10.1. The predicted octanol–water partition coefficient (Wildman–Crippen LogP) is 4.06. The van der Waals surface area contributed by atoms with Gasteiger partial charge in [-0.1, -0.05) is 44.2 Å². The Morgan fingerprint density at radius 3 is 2.55 bits per heavy atom. The zero-order chi connectivity index (χ0) is 14.4. The first kappa shape index (κ1) is 14.8. The lowest BCUT2D eigenvalue weighted by Crippen LogP contribution is -2.22. The summed E-state index contributed by atoms with van der Waals surface area (Å²) in [7, 11) is 0. The second-order valence-electron chi connectivity index (χ2n) is 5.27. The van der Waals surface area contributed by atoms with Gasteiger partial charge in [-0.05, 0) is 18.6 Å². The van der Waals surface area contributed by atoms with E-state index < -0.39 is 0 Å². The highest BCUT2D eigenvalue weighted by atomic mass is 16.5. The van der Waals surface area contributed by atoms with Gasteiger partial charge in [-0.3, -0.25) is 0 Å². The Kier molecular flexibility index (Phi) is 5.39. The van der Waals surface area contributed by atoms with Gasteiger partial charge < -0.3 is 14.5 Å². The van der Waals surface area contributed by atoms with Crippen LogP contribution in [0.5, 0.6) is 0 Å². The van der Waals surface area contributed by atoms with Crippen molar-refractivity contribution >= 4 is 0 Å². The first-order chi connectivity index (χ1) is 9.66. The lowest BCUT2D eigenvalue weighted by Gasteiger charge is -2.14. The number of rotatable bonds is 7. The van der Waals surface area contributed by atoms with Crippen LogP contribution in [0, 0.1) is 0 Å². The van der Waals surface area contributed by atoms with Gasteiger partial charge >= 0.3 is 0 Å². The number of ether oxygens (including phenoxy) is 1. The molecule has 0 spiro atoms. The molecule has 0 saturated heterocycles. The minimum atomic E-state index is 0.0806. The van der Waals surface area contributed by atoms with E-state index in [9.17, 15) is 0 Å². The number of hydrogen-bond acceptors (Lipinski definition) is 3. The van der Waals surface area contributed by atoms with Crippen molar-refractivity contribution < 1.29 is 9.15 Å².